The maximum atomic E-state index is 5.74. The molecular weight excluding hydrogens is 394 g/mol. The number of anilines is 1. The minimum absolute atomic E-state index is 0.307. The Morgan fingerprint density at radius 3 is 2.60 bits per heavy atom. The van der Waals surface area contributed by atoms with E-state index in [1.165, 1.54) is 11.1 Å². The standard InChI is InChI=1S/C23H21N5OS/c1-27-16-24-12-20(27)23(21-9-5-11-30-21)26-29-15-19-8-4-10-22(25-19)28-13-17-6-2-3-7-18(17)14-28/h2-12,16H,13-15H2,1H3. The molecule has 7 heteroatoms. The summed E-state index contributed by atoms with van der Waals surface area (Å²) in [6.07, 6.45) is 3.56. The van der Waals surface area contributed by atoms with E-state index < -0.39 is 0 Å². The fourth-order valence-corrected chi connectivity index (χ4v) is 4.31. The number of aryl methyl sites for hydroxylation is 1. The number of pyridine rings is 1. The van der Waals surface area contributed by atoms with Crippen molar-refractivity contribution in [2.75, 3.05) is 4.90 Å². The fourth-order valence-electron chi connectivity index (χ4n) is 3.60. The SMILES string of the molecule is Cn1cncc1C(=NOCc1cccc(N2Cc3ccccc3C2)n1)c1cccs1. The predicted octanol–water partition coefficient (Wildman–Crippen LogP) is 4.37. The number of hydrogen-bond donors (Lipinski definition) is 0. The molecule has 30 heavy (non-hydrogen) atoms. The minimum atomic E-state index is 0.307. The number of thiophene rings is 1. The van der Waals surface area contributed by atoms with Crippen LogP contribution in [-0.4, -0.2) is 20.2 Å². The third-order valence-electron chi connectivity index (χ3n) is 5.14. The van der Waals surface area contributed by atoms with Gasteiger partial charge in [0.05, 0.1) is 28.8 Å². The fraction of sp³-hybridized carbons (Fsp3) is 0.174. The van der Waals surface area contributed by atoms with Gasteiger partial charge in [-0.15, -0.1) is 11.3 Å². The molecule has 0 N–H and O–H groups in total. The summed E-state index contributed by atoms with van der Waals surface area (Å²) in [6, 6.07) is 18.6. The first-order chi connectivity index (χ1) is 14.8. The lowest BCUT2D eigenvalue weighted by atomic mass is 10.1. The van der Waals surface area contributed by atoms with E-state index in [-0.39, 0.29) is 0 Å². The number of fused-ring (bicyclic) bond motifs is 1. The van der Waals surface area contributed by atoms with E-state index in [0.717, 1.165) is 40.9 Å². The van der Waals surface area contributed by atoms with Crippen LogP contribution in [0.15, 0.2) is 77.7 Å². The Morgan fingerprint density at radius 1 is 1.07 bits per heavy atom. The lowest BCUT2D eigenvalue weighted by Crippen LogP contribution is -2.16. The van der Waals surface area contributed by atoms with Gasteiger partial charge in [-0.05, 0) is 34.7 Å². The predicted molar refractivity (Wildman–Crippen MR) is 119 cm³/mol. The number of hydrogen-bond acceptors (Lipinski definition) is 6. The molecular formula is C23H21N5OS. The van der Waals surface area contributed by atoms with Crippen LogP contribution in [-0.2, 0) is 31.6 Å². The maximum absolute atomic E-state index is 5.74. The highest BCUT2D eigenvalue weighted by atomic mass is 32.1. The summed E-state index contributed by atoms with van der Waals surface area (Å²) in [7, 11) is 1.95. The summed E-state index contributed by atoms with van der Waals surface area (Å²) < 4.78 is 1.94. The van der Waals surface area contributed by atoms with Gasteiger partial charge in [0.1, 0.15) is 11.5 Å². The zero-order valence-corrected chi connectivity index (χ0v) is 17.4. The molecule has 5 rings (SSSR count). The van der Waals surface area contributed by atoms with Gasteiger partial charge in [-0.2, -0.15) is 0 Å². The molecule has 0 unspecified atom stereocenters. The third-order valence-corrected chi connectivity index (χ3v) is 6.02. The molecule has 0 bridgehead atoms. The summed E-state index contributed by atoms with van der Waals surface area (Å²) in [5, 5.41) is 6.47. The molecule has 0 radical (unpaired) electrons. The monoisotopic (exact) mass is 415 g/mol. The van der Waals surface area contributed by atoms with Crippen LogP contribution in [0.4, 0.5) is 5.82 Å². The number of oxime groups is 1. The topological polar surface area (TPSA) is 55.5 Å². The van der Waals surface area contributed by atoms with Crippen molar-refractivity contribution < 1.29 is 4.84 Å². The van der Waals surface area contributed by atoms with Crippen LogP contribution in [0.5, 0.6) is 0 Å². The van der Waals surface area contributed by atoms with Gasteiger partial charge in [0.2, 0.25) is 0 Å². The second-order valence-electron chi connectivity index (χ2n) is 7.19. The summed E-state index contributed by atoms with van der Waals surface area (Å²) in [6.45, 7) is 2.07. The van der Waals surface area contributed by atoms with E-state index in [1.54, 1.807) is 23.9 Å². The lowest BCUT2D eigenvalue weighted by Gasteiger charge is -2.17. The molecule has 4 aromatic rings. The van der Waals surface area contributed by atoms with Crippen LogP contribution in [0.3, 0.4) is 0 Å². The van der Waals surface area contributed by atoms with Crippen molar-refractivity contribution in [3.63, 3.8) is 0 Å². The van der Waals surface area contributed by atoms with Crippen LogP contribution in [0.25, 0.3) is 0 Å². The first kappa shape index (κ1) is 18.6. The van der Waals surface area contributed by atoms with Crippen LogP contribution in [0.2, 0.25) is 0 Å². The highest BCUT2D eigenvalue weighted by Crippen LogP contribution is 2.27. The highest BCUT2D eigenvalue weighted by Gasteiger charge is 2.19. The molecule has 150 valence electrons. The quantitative estimate of drug-likeness (QED) is 0.347. The highest BCUT2D eigenvalue weighted by molar-refractivity contribution is 7.12. The van der Waals surface area contributed by atoms with Crippen molar-refractivity contribution >= 4 is 22.9 Å². The lowest BCUT2D eigenvalue weighted by molar-refractivity contribution is 0.128. The van der Waals surface area contributed by atoms with E-state index >= 15 is 0 Å². The summed E-state index contributed by atoms with van der Waals surface area (Å²) in [5.74, 6) is 0.960. The first-order valence-corrected chi connectivity index (χ1v) is 10.6. The Hall–Kier alpha value is -3.45. The van der Waals surface area contributed by atoms with Crippen LogP contribution >= 0.6 is 11.3 Å². The molecule has 0 saturated heterocycles. The number of rotatable bonds is 6. The summed E-state index contributed by atoms with van der Waals surface area (Å²) in [4.78, 5) is 18.1. The van der Waals surface area contributed by atoms with Gasteiger partial charge >= 0.3 is 0 Å². The molecule has 4 heterocycles. The van der Waals surface area contributed by atoms with Gasteiger partial charge < -0.3 is 14.3 Å². The van der Waals surface area contributed by atoms with E-state index in [2.05, 4.69) is 39.3 Å². The molecule has 3 aromatic heterocycles. The second-order valence-corrected chi connectivity index (χ2v) is 8.14. The van der Waals surface area contributed by atoms with Gasteiger partial charge in [0.25, 0.3) is 0 Å². The van der Waals surface area contributed by atoms with Gasteiger partial charge in [-0.3, -0.25) is 0 Å². The van der Waals surface area contributed by atoms with Crippen molar-refractivity contribution in [1.82, 2.24) is 14.5 Å². The molecule has 0 spiro atoms. The van der Waals surface area contributed by atoms with Crippen LogP contribution in [0.1, 0.15) is 27.4 Å². The molecule has 0 amide bonds. The molecule has 1 aliphatic heterocycles. The van der Waals surface area contributed by atoms with Crippen LogP contribution in [0, 0.1) is 0 Å². The van der Waals surface area contributed by atoms with Crippen molar-refractivity contribution in [3.05, 3.63) is 99.9 Å². The van der Waals surface area contributed by atoms with Crippen molar-refractivity contribution in [3.8, 4) is 0 Å². The number of imidazole rings is 1. The van der Waals surface area contributed by atoms with E-state index in [1.807, 2.05) is 47.3 Å². The maximum Gasteiger partial charge on any atom is 0.159 e. The Morgan fingerprint density at radius 2 is 1.90 bits per heavy atom. The Bertz CT molecular complexity index is 1160. The molecule has 1 aliphatic rings. The molecule has 6 nitrogen and oxygen atoms in total. The Labute approximate surface area is 179 Å². The number of aromatic nitrogens is 3. The molecule has 0 saturated carbocycles. The Balaban J connectivity index is 1.32. The average Bonchev–Trinajstić information content (AvgIpc) is 3.52. The van der Waals surface area contributed by atoms with Gasteiger partial charge in [-0.1, -0.05) is 41.6 Å². The number of benzene rings is 1. The summed E-state index contributed by atoms with van der Waals surface area (Å²) in [5.41, 5.74) is 5.26. The van der Waals surface area contributed by atoms with E-state index in [0.29, 0.717) is 6.61 Å². The second kappa shape index (κ2) is 8.12. The van der Waals surface area contributed by atoms with Crippen LogP contribution < -0.4 is 4.90 Å². The smallest absolute Gasteiger partial charge is 0.159 e. The first-order valence-electron chi connectivity index (χ1n) is 9.76. The summed E-state index contributed by atoms with van der Waals surface area (Å²) >= 11 is 1.62. The van der Waals surface area contributed by atoms with E-state index in [4.69, 9.17) is 9.82 Å². The zero-order chi connectivity index (χ0) is 20.3. The average molecular weight is 416 g/mol. The number of nitrogens with zero attached hydrogens (tertiary/aromatic N) is 5. The van der Waals surface area contributed by atoms with Crippen molar-refractivity contribution in [2.24, 2.45) is 12.2 Å². The van der Waals surface area contributed by atoms with Crippen molar-refractivity contribution in [2.45, 2.75) is 19.7 Å². The minimum Gasteiger partial charge on any atom is -0.389 e. The third kappa shape index (κ3) is 3.71. The molecule has 0 atom stereocenters. The van der Waals surface area contributed by atoms with E-state index in [9.17, 15) is 0 Å². The van der Waals surface area contributed by atoms with Gasteiger partial charge in [-0.25, -0.2) is 9.97 Å². The zero-order valence-electron chi connectivity index (χ0n) is 16.6. The van der Waals surface area contributed by atoms with Gasteiger partial charge in [0.15, 0.2) is 6.61 Å². The van der Waals surface area contributed by atoms with Crippen molar-refractivity contribution in [1.29, 1.82) is 0 Å². The molecule has 0 fully saturated rings. The molecule has 0 aliphatic carbocycles. The Kier molecular flexibility index (Phi) is 5.03. The normalized spacial score (nSPS) is 13.5. The molecule has 1 aromatic carbocycles. The largest absolute Gasteiger partial charge is 0.389 e. The van der Waals surface area contributed by atoms with Gasteiger partial charge in [0, 0.05) is 20.1 Å².